The number of anilines is 1. The van der Waals surface area contributed by atoms with Crippen LogP contribution in [0.1, 0.15) is 29.2 Å². The van der Waals surface area contributed by atoms with E-state index in [-0.39, 0.29) is 28.9 Å². The Morgan fingerprint density at radius 1 is 1.19 bits per heavy atom. The highest BCUT2D eigenvalue weighted by Crippen LogP contribution is 2.38. The summed E-state index contributed by atoms with van der Waals surface area (Å²) in [5, 5.41) is 9.45. The van der Waals surface area contributed by atoms with Crippen LogP contribution in [-0.2, 0) is 0 Å². The summed E-state index contributed by atoms with van der Waals surface area (Å²) in [6.07, 6.45) is 3.16. The molecular formula is C20H24FN7O3. The molecule has 11 heteroatoms. The molecular weight excluding hydrogens is 405 g/mol. The number of carbonyl (C=O) groups is 1. The SMILES string of the molecule is CN=C(N)/N=C(\N)N1CCN(c2cc3c(cc2F)c(=O)c(C(=O)O)cn3C2CC2)CC1. The second-order valence-electron chi connectivity index (χ2n) is 7.66. The summed E-state index contributed by atoms with van der Waals surface area (Å²) in [5.74, 6) is -1.54. The van der Waals surface area contributed by atoms with Gasteiger partial charge in [-0.25, -0.2) is 9.18 Å². The summed E-state index contributed by atoms with van der Waals surface area (Å²) in [7, 11) is 1.52. The van der Waals surface area contributed by atoms with Crippen molar-refractivity contribution in [1.29, 1.82) is 0 Å². The van der Waals surface area contributed by atoms with Crippen LogP contribution in [0.15, 0.2) is 33.1 Å². The average molecular weight is 429 g/mol. The number of carboxylic acids is 1. The minimum Gasteiger partial charge on any atom is -0.477 e. The number of hydrogen-bond donors (Lipinski definition) is 3. The molecule has 1 aliphatic heterocycles. The Hall–Kier alpha value is -3.63. The molecule has 0 spiro atoms. The van der Waals surface area contributed by atoms with Gasteiger partial charge in [-0.15, -0.1) is 0 Å². The van der Waals surface area contributed by atoms with E-state index in [9.17, 15) is 14.7 Å². The molecule has 1 saturated carbocycles. The summed E-state index contributed by atoms with van der Waals surface area (Å²) in [6, 6.07) is 2.92. The van der Waals surface area contributed by atoms with E-state index in [0.717, 1.165) is 18.9 Å². The summed E-state index contributed by atoms with van der Waals surface area (Å²) >= 11 is 0. The molecule has 0 amide bonds. The molecule has 31 heavy (non-hydrogen) atoms. The molecule has 2 aliphatic rings. The van der Waals surface area contributed by atoms with E-state index >= 15 is 4.39 Å². The van der Waals surface area contributed by atoms with Crippen molar-refractivity contribution >= 4 is 34.5 Å². The van der Waals surface area contributed by atoms with Crippen molar-refractivity contribution in [2.24, 2.45) is 21.5 Å². The minimum atomic E-state index is -1.31. The van der Waals surface area contributed by atoms with Crippen LogP contribution in [0, 0.1) is 5.82 Å². The smallest absolute Gasteiger partial charge is 0.341 e. The van der Waals surface area contributed by atoms with Crippen molar-refractivity contribution in [1.82, 2.24) is 9.47 Å². The van der Waals surface area contributed by atoms with Gasteiger partial charge in [-0.05, 0) is 25.0 Å². The Balaban J connectivity index is 1.67. The molecule has 0 radical (unpaired) electrons. The van der Waals surface area contributed by atoms with Crippen LogP contribution in [0.3, 0.4) is 0 Å². The number of benzene rings is 1. The van der Waals surface area contributed by atoms with Crippen LogP contribution in [0.2, 0.25) is 0 Å². The zero-order valence-electron chi connectivity index (χ0n) is 17.1. The number of hydrogen-bond acceptors (Lipinski definition) is 4. The summed E-state index contributed by atoms with van der Waals surface area (Å²) < 4.78 is 16.8. The van der Waals surface area contributed by atoms with E-state index in [0.29, 0.717) is 37.4 Å². The van der Waals surface area contributed by atoms with Gasteiger partial charge in [-0.1, -0.05) is 0 Å². The quantitative estimate of drug-likeness (QED) is 0.478. The highest BCUT2D eigenvalue weighted by atomic mass is 19.1. The molecule has 1 aromatic carbocycles. The number of fused-ring (bicyclic) bond motifs is 1. The largest absolute Gasteiger partial charge is 0.477 e. The van der Waals surface area contributed by atoms with E-state index in [4.69, 9.17) is 11.5 Å². The van der Waals surface area contributed by atoms with E-state index in [2.05, 4.69) is 9.98 Å². The number of rotatable bonds is 3. The van der Waals surface area contributed by atoms with Crippen molar-refractivity contribution < 1.29 is 14.3 Å². The molecule has 1 aromatic heterocycles. The van der Waals surface area contributed by atoms with Crippen molar-refractivity contribution in [2.45, 2.75) is 18.9 Å². The molecule has 5 N–H and O–H groups in total. The number of carboxylic acid groups (broad SMARTS) is 1. The molecule has 0 unspecified atom stereocenters. The average Bonchev–Trinajstić information content (AvgIpc) is 3.59. The second kappa shape index (κ2) is 7.89. The van der Waals surface area contributed by atoms with E-state index in [1.165, 1.54) is 13.2 Å². The third-order valence-electron chi connectivity index (χ3n) is 5.67. The fraction of sp³-hybridized carbons (Fsp3) is 0.400. The predicted octanol–water partition coefficient (Wildman–Crippen LogP) is 0.555. The number of guanidine groups is 2. The zero-order valence-corrected chi connectivity index (χ0v) is 17.1. The fourth-order valence-electron chi connectivity index (χ4n) is 3.82. The van der Waals surface area contributed by atoms with Gasteiger partial charge in [0.25, 0.3) is 0 Å². The maximum absolute atomic E-state index is 15.0. The normalized spacial score (nSPS) is 18.0. The first kappa shape index (κ1) is 20.6. The first-order chi connectivity index (χ1) is 14.8. The van der Waals surface area contributed by atoms with Gasteiger partial charge in [-0.3, -0.25) is 9.79 Å². The second-order valence-corrected chi connectivity index (χ2v) is 7.66. The van der Waals surface area contributed by atoms with Gasteiger partial charge in [0.05, 0.1) is 11.2 Å². The lowest BCUT2D eigenvalue weighted by Gasteiger charge is -2.36. The van der Waals surface area contributed by atoms with Crippen LogP contribution in [-0.4, -0.2) is 65.7 Å². The Labute approximate surface area is 177 Å². The van der Waals surface area contributed by atoms with E-state index in [1.807, 2.05) is 9.80 Å². The van der Waals surface area contributed by atoms with Crippen LogP contribution < -0.4 is 21.8 Å². The maximum Gasteiger partial charge on any atom is 0.341 e. The molecule has 0 atom stereocenters. The Morgan fingerprint density at radius 3 is 2.45 bits per heavy atom. The lowest BCUT2D eigenvalue weighted by Crippen LogP contribution is -2.51. The molecule has 2 fully saturated rings. The van der Waals surface area contributed by atoms with Crippen molar-refractivity contribution in [3.63, 3.8) is 0 Å². The number of pyridine rings is 1. The third-order valence-corrected chi connectivity index (χ3v) is 5.67. The van der Waals surface area contributed by atoms with Crippen LogP contribution in [0.5, 0.6) is 0 Å². The third kappa shape index (κ3) is 3.90. The van der Waals surface area contributed by atoms with Gasteiger partial charge in [0.15, 0.2) is 5.96 Å². The molecule has 4 rings (SSSR count). The van der Waals surface area contributed by atoms with Crippen molar-refractivity contribution in [3.05, 3.63) is 39.9 Å². The molecule has 164 valence electrons. The summed E-state index contributed by atoms with van der Waals surface area (Å²) in [6.45, 7) is 2.00. The Kier molecular flexibility index (Phi) is 5.25. The minimum absolute atomic E-state index is 0.0809. The highest BCUT2D eigenvalue weighted by Gasteiger charge is 2.28. The van der Waals surface area contributed by atoms with Crippen LogP contribution in [0.4, 0.5) is 10.1 Å². The lowest BCUT2D eigenvalue weighted by atomic mass is 10.1. The number of aliphatic imine (C=N–C) groups is 2. The number of nitrogens with two attached hydrogens (primary N) is 2. The Bertz CT molecular complexity index is 1160. The Morgan fingerprint density at radius 2 is 1.87 bits per heavy atom. The maximum atomic E-state index is 15.0. The molecule has 10 nitrogen and oxygen atoms in total. The van der Waals surface area contributed by atoms with Crippen molar-refractivity contribution in [3.8, 4) is 0 Å². The molecule has 1 aliphatic carbocycles. The van der Waals surface area contributed by atoms with Crippen molar-refractivity contribution in [2.75, 3.05) is 38.1 Å². The molecule has 2 heterocycles. The molecule has 2 aromatic rings. The summed E-state index contributed by atoms with van der Waals surface area (Å²) in [4.78, 5) is 35.6. The van der Waals surface area contributed by atoms with Gasteiger partial charge in [0, 0.05) is 50.9 Å². The van der Waals surface area contributed by atoms with Gasteiger partial charge in [0.2, 0.25) is 11.4 Å². The van der Waals surface area contributed by atoms with Gasteiger partial charge in [0.1, 0.15) is 11.4 Å². The topological polar surface area (TPSA) is 143 Å². The first-order valence-electron chi connectivity index (χ1n) is 9.98. The predicted molar refractivity (Wildman–Crippen MR) is 116 cm³/mol. The van der Waals surface area contributed by atoms with Gasteiger partial charge >= 0.3 is 5.97 Å². The van der Waals surface area contributed by atoms with Crippen LogP contribution in [0.25, 0.3) is 10.9 Å². The zero-order chi connectivity index (χ0) is 22.3. The van der Waals surface area contributed by atoms with E-state index < -0.39 is 17.2 Å². The van der Waals surface area contributed by atoms with Gasteiger partial charge in [-0.2, -0.15) is 4.99 Å². The standard InChI is InChI=1S/C20H24FN7O3/c1-24-19(22)25-20(23)27-6-4-26(5-7-27)16-9-15-12(8-14(16)21)17(29)13(18(30)31)10-28(15)11-2-3-11/h8-11H,2-7H2,1H3,(H,30,31)(H4,22,23,24,25). The van der Waals surface area contributed by atoms with Gasteiger partial charge < -0.3 is 30.9 Å². The molecule has 1 saturated heterocycles. The number of aromatic nitrogens is 1. The summed E-state index contributed by atoms with van der Waals surface area (Å²) in [5.41, 5.74) is 11.5. The number of aromatic carboxylic acids is 1. The first-order valence-corrected chi connectivity index (χ1v) is 9.98. The van der Waals surface area contributed by atoms with E-state index in [1.54, 1.807) is 10.6 Å². The molecule has 0 bridgehead atoms. The lowest BCUT2D eigenvalue weighted by molar-refractivity contribution is 0.0695. The van der Waals surface area contributed by atoms with Crippen LogP contribution >= 0.6 is 0 Å². The monoisotopic (exact) mass is 429 g/mol. The number of halogens is 1. The number of nitrogens with zero attached hydrogens (tertiary/aromatic N) is 5. The highest BCUT2D eigenvalue weighted by molar-refractivity contribution is 5.94. The fourth-order valence-corrected chi connectivity index (χ4v) is 3.82. The number of piperazine rings is 1.